The van der Waals surface area contributed by atoms with Crippen LogP contribution >= 0.6 is 0 Å². The normalized spacial score (nSPS) is 17.0. The molecule has 2 aromatic rings. The number of nitrogens with one attached hydrogen (secondary N) is 2. The number of rotatable bonds is 7. The number of amides is 1. The van der Waals surface area contributed by atoms with E-state index in [-0.39, 0.29) is 11.9 Å². The van der Waals surface area contributed by atoms with Gasteiger partial charge in [-0.2, -0.15) is 5.10 Å². The number of carbonyl (C=O) groups is 1. The molecule has 1 saturated heterocycles. The Hall–Kier alpha value is -2.18. The molecular formula is C21H31N5O. The molecule has 1 fully saturated rings. The van der Waals surface area contributed by atoms with Gasteiger partial charge in [-0.3, -0.25) is 14.4 Å². The van der Waals surface area contributed by atoms with Crippen molar-refractivity contribution in [1.82, 2.24) is 25.3 Å². The van der Waals surface area contributed by atoms with Crippen LogP contribution in [0.3, 0.4) is 0 Å². The van der Waals surface area contributed by atoms with E-state index in [2.05, 4.69) is 51.8 Å². The number of hydrogen-bond acceptors (Lipinski definition) is 4. The Balaban J connectivity index is 1.50. The SMILES string of the molecule is CNC(C(=O)NCc1ccc(CN2CCC(C)CC2)cc1)c1cnn(C)c1. The summed E-state index contributed by atoms with van der Waals surface area (Å²) in [6, 6.07) is 8.19. The smallest absolute Gasteiger partial charge is 0.242 e. The Bertz CT molecular complexity index is 731. The van der Waals surface area contributed by atoms with E-state index >= 15 is 0 Å². The van der Waals surface area contributed by atoms with Crippen LogP contribution in [-0.2, 0) is 24.9 Å². The van der Waals surface area contributed by atoms with Crippen molar-refractivity contribution in [2.45, 2.75) is 38.9 Å². The Morgan fingerprint density at radius 1 is 1.22 bits per heavy atom. The van der Waals surface area contributed by atoms with Gasteiger partial charge in [-0.05, 0) is 50.0 Å². The number of aromatic nitrogens is 2. The van der Waals surface area contributed by atoms with E-state index in [0.29, 0.717) is 6.54 Å². The average molecular weight is 370 g/mol. The minimum absolute atomic E-state index is 0.0444. The molecule has 1 aliphatic heterocycles. The van der Waals surface area contributed by atoms with Gasteiger partial charge in [0.15, 0.2) is 0 Å². The Kier molecular flexibility index (Phi) is 6.63. The maximum Gasteiger partial charge on any atom is 0.242 e. The summed E-state index contributed by atoms with van der Waals surface area (Å²) in [5, 5.41) is 10.2. The Morgan fingerprint density at radius 2 is 1.89 bits per heavy atom. The first-order chi connectivity index (χ1) is 13.0. The Labute approximate surface area is 161 Å². The van der Waals surface area contributed by atoms with E-state index in [1.54, 1.807) is 17.9 Å². The second-order valence-electron chi connectivity index (χ2n) is 7.66. The van der Waals surface area contributed by atoms with E-state index in [4.69, 9.17) is 0 Å². The lowest BCUT2D eigenvalue weighted by atomic mass is 9.99. The highest BCUT2D eigenvalue weighted by Crippen LogP contribution is 2.18. The van der Waals surface area contributed by atoms with Gasteiger partial charge in [0.1, 0.15) is 6.04 Å². The van der Waals surface area contributed by atoms with Crippen LogP contribution in [0.1, 0.15) is 42.5 Å². The minimum Gasteiger partial charge on any atom is -0.350 e. The Morgan fingerprint density at radius 3 is 2.48 bits per heavy atom. The molecule has 2 N–H and O–H groups in total. The summed E-state index contributed by atoms with van der Waals surface area (Å²) < 4.78 is 1.70. The van der Waals surface area contributed by atoms with Gasteiger partial charge in [0.05, 0.1) is 6.20 Å². The van der Waals surface area contributed by atoms with Crippen molar-refractivity contribution in [2.75, 3.05) is 20.1 Å². The number of likely N-dealkylation sites (tertiary alicyclic amines) is 1. The number of likely N-dealkylation sites (N-methyl/N-ethyl adjacent to an activating group) is 1. The van der Waals surface area contributed by atoms with Crippen molar-refractivity contribution in [3.05, 3.63) is 53.3 Å². The number of nitrogens with zero attached hydrogens (tertiary/aromatic N) is 3. The molecule has 3 rings (SSSR count). The zero-order valence-corrected chi connectivity index (χ0v) is 16.6. The van der Waals surface area contributed by atoms with Crippen LogP contribution in [0, 0.1) is 5.92 Å². The summed E-state index contributed by atoms with van der Waals surface area (Å²) >= 11 is 0. The summed E-state index contributed by atoms with van der Waals surface area (Å²) in [6.07, 6.45) is 6.18. The highest BCUT2D eigenvalue weighted by molar-refractivity contribution is 5.83. The molecule has 0 spiro atoms. The van der Waals surface area contributed by atoms with Gasteiger partial charge in [0.25, 0.3) is 0 Å². The molecule has 1 amide bonds. The third kappa shape index (κ3) is 5.40. The topological polar surface area (TPSA) is 62.2 Å². The van der Waals surface area contributed by atoms with Crippen LogP contribution in [0.5, 0.6) is 0 Å². The van der Waals surface area contributed by atoms with Crippen molar-refractivity contribution >= 4 is 5.91 Å². The fourth-order valence-electron chi connectivity index (χ4n) is 3.57. The fourth-order valence-corrected chi connectivity index (χ4v) is 3.57. The minimum atomic E-state index is -0.389. The number of aryl methyl sites for hydroxylation is 1. The maximum atomic E-state index is 12.5. The quantitative estimate of drug-likeness (QED) is 0.786. The molecule has 1 unspecified atom stereocenters. The predicted octanol–water partition coefficient (Wildman–Crippen LogP) is 2.23. The molecule has 27 heavy (non-hydrogen) atoms. The van der Waals surface area contributed by atoms with Crippen LogP contribution in [-0.4, -0.2) is 40.7 Å². The molecule has 146 valence electrons. The highest BCUT2D eigenvalue weighted by Gasteiger charge is 2.20. The van der Waals surface area contributed by atoms with Crippen molar-refractivity contribution in [3.63, 3.8) is 0 Å². The summed E-state index contributed by atoms with van der Waals surface area (Å²) in [5.74, 6) is 0.817. The zero-order valence-electron chi connectivity index (χ0n) is 16.6. The van der Waals surface area contributed by atoms with Crippen LogP contribution in [0.2, 0.25) is 0 Å². The molecule has 6 nitrogen and oxygen atoms in total. The van der Waals surface area contributed by atoms with Gasteiger partial charge < -0.3 is 10.6 Å². The first-order valence-corrected chi connectivity index (χ1v) is 9.79. The van der Waals surface area contributed by atoms with Crippen molar-refractivity contribution < 1.29 is 4.79 Å². The predicted molar refractivity (Wildman–Crippen MR) is 107 cm³/mol. The number of carbonyl (C=O) groups excluding carboxylic acids is 1. The third-order valence-corrected chi connectivity index (χ3v) is 5.38. The van der Waals surface area contributed by atoms with Crippen molar-refractivity contribution in [3.8, 4) is 0 Å². The first kappa shape index (κ1) is 19.6. The number of piperidine rings is 1. The molecule has 1 aromatic carbocycles. The van der Waals surface area contributed by atoms with Gasteiger partial charge in [-0.15, -0.1) is 0 Å². The molecule has 0 aliphatic carbocycles. The molecular weight excluding hydrogens is 338 g/mol. The average Bonchev–Trinajstić information content (AvgIpc) is 3.09. The van der Waals surface area contributed by atoms with Gasteiger partial charge in [0.2, 0.25) is 5.91 Å². The molecule has 1 aromatic heterocycles. The first-order valence-electron chi connectivity index (χ1n) is 9.79. The van der Waals surface area contributed by atoms with Gasteiger partial charge in [-0.1, -0.05) is 31.2 Å². The van der Waals surface area contributed by atoms with E-state index in [1.165, 1.54) is 31.5 Å². The van der Waals surface area contributed by atoms with Crippen molar-refractivity contribution in [1.29, 1.82) is 0 Å². The number of benzene rings is 1. The van der Waals surface area contributed by atoms with E-state index in [0.717, 1.165) is 23.6 Å². The molecule has 0 saturated carbocycles. The standard InChI is InChI=1S/C21H31N5O/c1-16-8-10-26(11-9-16)14-18-6-4-17(5-7-18)12-23-21(27)20(22-2)19-13-24-25(3)15-19/h4-7,13,15-16,20,22H,8-12,14H2,1-3H3,(H,23,27). The summed E-state index contributed by atoms with van der Waals surface area (Å²) in [5.41, 5.74) is 3.31. The van der Waals surface area contributed by atoms with Crippen LogP contribution in [0.25, 0.3) is 0 Å². The van der Waals surface area contributed by atoms with Gasteiger partial charge in [-0.25, -0.2) is 0 Å². The lowest BCUT2D eigenvalue weighted by Gasteiger charge is -2.30. The van der Waals surface area contributed by atoms with Gasteiger partial charge in [0, 0.05) is 31.9 Å². The van der Waals surface area contributed by atoms with Crippen molar-refractivity contribution in [2.24, 2.45) is 13.0 Å². The maximum absolute atomic E-state index is 12.5. The summed E-state index contributed by atoms with van der Waals surface area (Å²) in [7, 11) is 3.63. The molecule has 1 atom stereocenters. The summed E-state index contributed by atoms with van der Waals surface area (Å²) in [6.45, 7) is 6.27. The molecule has 1 aliphatic rings. The highest BCUT2D eigenvalue weighted by atomic mass is 16.2. The molecule has 6 heteroatoms. The largest absolute Gasteiger partial charge is 0.350 e. The van der Waals surface area contributed by atoms with Crippen LogP contribution < -0.4 is 10.6 Å². The molecule has 2 heterocycles. The lowest BCUT2D eigenvalue weighted by Crippen LogP contribution is -2.35. The fraction of sp³-hybridized carbons (Fsp3) is 0.524. The monoisotopic (exact) mass is 369 g/mol. The second kappa shape index (κ2) is 9.15. The third-order valence-electron chi connectivity index (χ3n) is 5.38. The van der Waals surface area contributed by atoms with E-state index in [9.17, 15) is 4.79 Å². The van der Waals surface area contributed by atoms with E-state index < -0.39 is 0 Å². The molecule has 0 bridgehead atoms. The van der Waals surface area contributed by atoms with Crippen LogP contribution in [0.15, 0.2) is 36.7 Å². The second-order valence-corrected chi connectivity index (χ2v) is 7.66. The number of hydrogen-bond donors (Lipinski definition) is 2. The molecule has 0 radical (unpaired) electrons. The van der Waals surface area contributed by atoms with E-state index in [1.807, 2.05) is 13.2 Å². The lowest BCUT2D eigenvalue weighted by molar-refractivity contribution is -0.123. The van der Waals surface area contributed by atoms with Gasteiger partial charge >= 0.3 is 0 Å². The van der Waals surface area contributed by atoms with Crippen LogP contribution in [0.4, 0.5) is 0 Å². The summed E-state index contributed by atoms with van der Waals surface area (Å²) in [4.78, 5) is 15.0. The zero-order chi connectivity index (χ0) is 19.2.